The zero-order chi connectivity index (χ0) is 10.1. The number of likely N-dealkylation sites (tertiary alicyclic amines) is 1. The minimum absolute atomic E-state index is 0.440. The van der Waals surface area contributed by atoms with Crippen molar-refractivity contribution in [2.45, 2.75) is 32.4 Å². The lowest BCUT2D eigenvalue weighted by Crippen LogP contribution is -2.51. The van der Waals surface area contributed by atoms with E-state index in [-0.39, 0.29) is 0 Å². The first-order chi connectivity index (χ1) is 6.68. The Morgan fingerprint density at radius 1 is 1.21 bits per heavy atom. The lowest BCUT2D eigenvalue weighted by atomic mass is 9.92. The van der Waals surface area contributed by atoms with Crippen LogP contribution in [0.3, 0.4) is 0 Å². The smallest absolute Gasteiger partial charge is 0.0219 e. The van der Waals surface area contributed by atoms with Gasteiger partial charge in [-0.1, -0.05) is 13.8 Å². The fourth-order valence-corrected chi connectivity index (χ4v) is 4.12. The first-order valence-electron chi connectivity index (χ1n) is 5.76. The molecule has 2 aliphatic heterocycles. The van der Waals surface area contributed by atoms with Crippen LogP contribution in [0.15, 0.2) is 0 Å². The number of piperidine rings is 1. The topological polar surface area (TPSA) is 29.3 Å². The number of hydrogen-bond acceptors (Lipinski definition) is 3. The van der Waals surface area contributed by atoms with Gasteiger partial charge >= 0.3 is 0 Å². The third kappa shape index (κ3) is 2.10. The van der Waals surface area contributed by atoms with Crippen molar-refractivity contribution in [1.29, 1.82) is 0 Å². The summed E-state index contributed by atoms with van der Waals surface area (Å²) in [6, 6.07) is 1.27. The average Bonchev–Trinajstić information content (AvgIpc) is 2.57. The Labute approximate surface area is 91.6 Å². The quantitative estimate of drug-likeness (QED) is 0.715. The second kappa shape index (κ2) is 4.42. The monoisotopic (exact) mass is 214 g/mol. The summed E-state index contributed by atoms with van der Waals surface area (Å²) in [5, 5.41) is 0. The van der Waals surface area contributed by atoms with Crippen molar-refractivity contribution < 1.29 is 0 Å². The maximum absolute atomic E-state index is 6.04. The van der Waals surface area contributed by atoms with Gasteiger partial charge in [-0.05, 0) is 30.6 Å². The van der Waals surface area contributed by atoms with Gasteiger partial charge in [0.15, 0.2) is 0 Å². The first kappa shape index (κ1) is 10.8. The molecule has 4 atom stereocenters. The Morgan fingerprint density at radius 2 is 2.00 bits per heavy atom. The van der Waals surface area contributed by atoms with Crippen molar-refractivity contribution in [1.82, 2.24) is 4.90 Å². The third-order valence-corrected chi connectivity index (χ3v) is 5.14. The number of rotatable bonds is 1. The summed E-state index contributed by atoms with van der Waals surface area (Å²) in [7, 11) is 0. The van der Waals surface area contributed by atoms with Crippen LogP contribution in [-0.4, -0.2) is 41.6 Å². The maximum atomic E-state index is 6.04. The highest BCUT2D eigenvalue weighted by Crippen LogP contribution is 2.30. The summed E-state index contributed by atoms with van der Waals surface area (Å²) in [6.07, 6.45) is 1.19. The number of nitrogens with two attached hydrogens (primary N) is 1. The second-order valence-electron chi connectivity index (χ2n) is 5.01. The van der Waals surface area contributed by atoms with Crippen LogP contribution in [0.2, 0.25) is 0 Å². The summed E-state index contributed by atoms with van der Waals surface area (Å²) in [6.45, 7) is 7.13. The molecule has 0 bridgehead atoms. The molecular weight excluding hydrogens is 192 g/mol. The van der Waals surface area contributed by atoms with Gasteiger partial charge in [0.1, 0.15) is 0 Å². The zero-order valence-corrected chi connectivity index (χ0v) is 10.1. The van der Waals surface area contributed by atoms with E-state index < -0.39 is 0 Å². The molecule has 2 nitrogen and oxygen atoms in total. The van der Waals surface area contributed by atoms with Gasteiger partial charge in [0.2, 0.25) is 0 Å². The molecule has 2 saturated heterocycles. The van der Waals surface area contributed by atoms with Crippen molar-refractivity contribution in [2.75, 3.05) is 24.6 Å². The van der Waals surface area contributed by atoms with Crippen LogP contribution < -0.4 is 5.73 Å². The summed E-state index contributed by atoms with van der Waals surface area (Å²) < 4.78 is 0. The Hall–Kier alpha value is 0.270. The minimum atomic E-state index is 0.440. The van der Waals surface area contributed by atoms with Crippen molar-refractivity contribution in [3.8, 4) is 0 Å². The third-order valence-electron chi connectivity index (χ3n) is 3.80. The van der Waals surface area contributed by atoms with Crippen molar-refractivity contribution in [2.24, 2.45) is 17.6 Å². The summed E-state index contributed by atoms with van der Waals surface area (Å²) in [5.74, 6) is 4.24. The molecule has 0 radical (unpaired) electrons. The largest absolute Gasteiger partial charge is 0.327 e. The lowest BCUT2D eigenvalue weighted by molar-refractivity contribution is 0.107. The number of nitrogens with zero attached hydrogens (tertiary/aromatic N) is 1. The molecule has 2 fully saturated rings. The van der Waals surface area contributed by atoms with E-state index in [1.807, 2.05) is 0 Å². The molecule has 0 aromatic heterocycles. The van der Waals surface area contributed by atoms with Gasteiger partial charge in [0.05, 0.1) is 0 Å². The van der Waals surface area contributed by atoms with Gasteiger partial charge in [0, 0.05) is 24.4 Å². The van der Waals surface area contributed by atoms with Crippen LogP contribution in [-0.2, 0) is 0 Å². The molecule has 2 rings (SSSR count). The molecule has 0 amide bonds. The molecule has 2 heterocycles. The highest BCUT2D eigenvalue weighted by molar-refractivity contribution is 7.99. The summed E-state index contributed by atoms with van der Waals surface area (Å²) in [4.78, 5) is 2.68. The van der Waals surface area contributed by atoms with Gasteiger partial charge in [0.25, 0.3) is 0 Å². The van der Waals surface area contributed by atoms with Crippen LogP contribution in [0.1, 0.15) is 20.3 Å². The highest BCUT2D eigenvalue weighted by Gasteiger charge is 2.33. The minimum Gasteiger partial charge on any atom is -0.327 e. The average molecular weight is 214 g/mol. The molecule has 82 valence electrons. The highest BCUT2D eigenvalue weighted by atomic mass is 32.2. The molecule has 0 aromatic carbocycles. The van der Waals surface area contributed by atoms with E-state index in [1.54, 1.807) is 0 Å². The summed E-state index contributed by atoms with van der Waals surface area (Å²) in [5.41, 5.74) is 6.04. The van der Waals surface area contributed by atoms with Gasteiger partial charge in [-0.2, -0.15) is 11.8 Å². The van der Waals surface area contributed by atoms with Crippen LogP contribution in [0, 0.1) is 11.8 Å². The molecule has 0 aromatic rings. The molecule has 3 heteroatoms. The van der Waals surface area contributed by atoms with Crippen LogP contribution in [0.5, 0.6) is 0 Å². The molecule has 0 aliphatic carbocycles. The van der Waals surface area contributed by atoms with E-state index in [2.05, 4.69) is 30.5 Å². The lowest BCUT2D eigenvalue weighted by Gasteiger charge is -2.39. The number of thioether (sulfide) groups is 1. The second-order valence-corrected chi connectivity index (χ2v) is 6.08. The van der Waals surface area contributed by atoms with Crippen LogP contribution in [0.4, 0.5) is 0 Å². The molecular formula is C11H22N2S. The van der Waals surface area contributed by atoms with Crippen LogP contribution >= 0.6 is 11.8 Å². The fraction of sp³-hybridized carbons (Fsp3) is 1.00. The van der Waals surface area contributed by atoms with Gasteiger partial charge < -0.3 is 5.73 Å². The van der Waals surface area contributed by atoms with Gasteiger partial charge in [-0.15, -0.1) is 0 Å². The normalized spacial score (nSPS) is 45.6. The van der Waals surface area contributed by atoms with Crippen LogP contribution in [0.25, 0.3) is 0 Å². The summed E-state index contributed by atoms with van der Waals surface area (Å²) >= 11 is 2.11. The standard InChI is InChI=1S/C11H22N2S/c1-8-5-13(4-3-10(8)12)11-7-14-6-9(11)2/h8-11H,3-7,12H2,1-2H3. The predicted molar refractivity (Wildman–Crippen MR) is 63.6 cm³/mol. The van der Waals surface area contributed by atoms with Crippen molar-refractivity contribution in [3.63, 3.8) is 0 Å². The Balaban J connectivity index is 1.92. The predicted octanol–water partition coefficient (Wildman–Crippen LogP) is 1.41. The molecule has 2 aliphatic rings. The van der Waals surface area contributed by atoms with E-state index in [9.17, 15) is 0 Å². The maximum Gasteiger partial charge on any atom is 0.0219 e. The van der Waals surface area contributed by atoms with Crippen molar-refractivity contribution >= 4 is 11.8 Å². The SMILES string of the molecule is CC1CN(C2CSCC2C)CCC1N. The van der Waals surface area contributed by atoms with Gasteiger partial charge in [-0.3, -0.25) is 4.90 Å². The van der Waals surface area contributed by atoms with Gasteiger partial charge in [-0.25, -0.2) is 0 Å². The van der Waals surface area contributed by atoms with E-state index in [0.717, 1.165) is 12.0 Å². The van der Waals surface area contributed by atoms with E-state index in [4.69, 9.17) is 5.73 Å². The zero-order valence-electron chi connectivity index (χ0n) is 9.28. The first-order valence-corrected chi connectivity index (χ1v) is 6.91. The molecule has 14 heavy (non-hydrogen) atoms. The van der Waals surface area contributed by atoms with E-state index in [1.165, 1.54) is 31.0 Å². The van der Waals surface area contributed by atoms with E-state index >= 15 is 0 Å². The van der Waals surface area contributed by atoms with E-state index in [0.29, 0.717) is 12.0 Å². The van der Waals surface area contributed by atoms with Crippen molar-refractivity contribution in [3.05, 3.63) is 0 Å². The molecule has 0 saturated carbocycles. The fourth-order valence-electron chi connectivity index (χ4n) is 2.61. The Bertz CT molecular complexity index is 198. The molecule has 2 N–H and O–H groups in total. The molecule has 4 unspecified atom stereocenters. The Morgan fingerprint density at radius 3 is 2.57 bits per heavy atom. The molecule has 0 spiro atoms. The number of hydrogen-bond donors (Lipinski definition) is 1. The Kier molecular flexibility index (Phi) is 3.40.